The molecule has 0 unspecified atom stereocenters. The van der Waals surface area contributed by atoms with Crippen LogP contribution in [0.3, 0.4) is 0 Å². The fourth-order valence-electron chi connectivity index (χ4n) is 1.57. The second-order valence-electron chi connectivity index (χ2n) is 4.07. The van der Waals surface area contributed by atoms with E-state index >= 15 is 0 Å². The molecule has 0 aromatic carbocycles. The molecule has 0 N–H and O–H groups in total. The van der Waals surface area contributed by atoms with Gasteiger partial charge in [-0.25, -0.2) is 0 Å². The van der Waals surface area contributed by atoms with Crippen molar-refractivity contribution in [2.75, 3.05) is 0 Å². The van der Waals surface area contributed by atoms with Crippen LogP contribution in [0.5, 0.6) is 0 Å². The summed E-state index contributed by atoms with van der Waals surface area (Å²) >= 11 is 0. The molecule has 2 rings (SSSR count). The van der Waals surface area contributed by atoms with Gasteiger partial charge in [0.2, 0.25) is 0 Å². The molecule has 1 fully saturated rings. The molecule has 1 saturated carbocycles. The van der Waals surface area contributed by atoms with Crippen LogP contribution in [-0.4, -0.2) is 10.8 Å². The van der Waals surface area contributed by atoms with E-state index in [1.165, 1.54) is 12.8 Å². The number of carbonyl (C=O) groups is 1. The molecule has 0 saturated heterocycles. The Hall–Kier alpha value is -1.18. The summed E-state index contributed by atoms with van der Waals surface area (Å²) in [7, 11) is 0. The maximum atomic E-state index is 11.7. The Labute approximate surface area is 84.4 Å². The monoisotopic (exact) mass is 189 g/mol. The van der Waals surface area contributed by atoms with E-state index in [-0.39, 0.29) is 5.78 Å². The van der Waals surface area contributed by atoms with Gasteiger partial charge in [0.05, 0.1) is 0 Å². The van der Waals surface area contributed by atoms with Crippen LogP contribution in [0.2, 0.25) is 0 Å². The van der Waals surface area contributed by atoms with Crippen molar-refractivity contribution < 1.29 is 4.79 Å². The van der Waals surface area contributed by atoms with Gasteiger partial charge in [-0.3, -0.25) is 9.78 Å². The third kappa shape index (κ3) is 2.41. The number of aromatic nitrogens is 1. The maximum absolute atomic E-state index is 11.7. The van der Waals surface area contributed by atoms with Gasteiger partial charge >= 0.3 is 0 Å². The number of pyridine rings is 1. The molecule has 0 atom stereocenters. The van der Waals surface area contributed by atoms with E-state index in [2.05, 4.69) is 4.98 Å². The first-order chi connectivity index (χ1) is 6.75. The highest BCUT2D eigenvalue weighted by Gasteiger charge is 2.22. The zero-order valence-electron chi connectivity index (χ0n) is 8.49. The normalized spacial score (nSPS) is 15.5. The van der Waals surface area contributed by atoms with Crippen LogP contribution < -0.4 is 0 Å². The Bertz CT molecular complexity index is 342. The highest BCUT2D eigenvalue weighted by Crippen LogP contribution is 2.33. The number of ketones is 1. The minimum atomic E-state index is 0.195. The summed E-state index contributed by atoms with van der Waals surface area (Å²) < 4.78 is 0. The molecular weight excluding hydrogens is 174 g/mol. The number of rotatable bonds is 4. The number of Topliss-reactive ketones (excluding diaryl/α,β-unsaturated/α-hetero) is 1. The lowest BCUT2D eigenvalue weighted by Gasteiger charge is -2.00. The summed E-state index contributed by atoms with van der Waals surface area (Å²) in [6.07, 6.45) is 4.35. The molecule has 14 heavy (non-hydrogen) atoms. The summed E-state index contributed by atoms with van der Waals surface area (Å²) in [5.41, 5.74) is 1.55. The van der Waals surface area contributed by atoms with Crippen LogP contribution in [0.4, 0.5) is 0 Å². The Morgan fingerprint density at radius 3 is 2.93 bits per heavy atom. The molecule has 1 aliphatic rings. The van der Waals surface area contributed by atoms with Gasteiger partial charge in [0.25, 0.3) is 0 Å². The lowest BCUT2D eigenvalue weighted by Crippen LogP contribution is -2.03. The van der Waals surface area contributed by atoms with E-state index in [0.717, 1.165) is 18.0 Å². The molecule has 1 aromatic heterocycles. The highest BCUT2D eigenvalue weighted by atomic mass is 16.1. The van der Waals surface area contributed by atoms with E-state index in [0.29, 0.717) is 12.1 Å². The van der Waals surface area contributed by atoms with Gasteiger partial charge in [0.1, 0.15) is 5.69 Å². The fourth-order valence-corrected chi connectivity index (χ4v) is 1.57. The van der Waals surface area contributed by atoms with Gasteiger partial charge in [0.15, 0.2) is 5.78 Å². The Morgan fingerprint density at radius 1 is 1.50 bits per heavy atom. The highest BCUT2D eigenvalue weighted by molar-refractivity contribution is 5.94. The van der Waals surface area contributed by atoms with Crippen molar-refractivity contribution >= 4 is 5.78 Å². The summed E-state index contributed by atoms with van der Waals surface area (Å²) in [5.74, 6) is 1.02. The zero-order chi connectivity index (χ0) is 9.97. The predicted molar refractivity (Wildman–Crippen MR) is 55.3 cm³/mol. The van der Waals surface area contributed by atoms with E-state index in [9.17, 15) is 4.79 Å². The molecule has 2 nitrogen and oxygen atoms in total. The van der Waals surface area contributed by atoms with Crippen LogP contribution in [0.1, 0.15) is 41.9 Å². The minimum absolute atomic E-state index is 0.195. The van der Waals surface area contributed by atoms with Crippen molar-refractivity contribution in [3.05, 3.63) is 29.6 Å². The molecule has 0 spiro atoms. The topological polar surface area (TPSA) is 30.0 Å². The van der Waals surface area contributed by atoms with Crippen molar-refractivity contribution in [2.45, 2.75) is 32.6 Å². The Kier molecular flexibility index (Phi) is 2.62. The minimum Gasteiger partial charge on any atom is -0.292 e. The molecule has 0 aliphatic heterocycles. The van der Waals surface area contributed by atoms with Gasteiger partial charge in [0, 0.05) is 12.1 Å². The number of hydrogen-bond acceptors (Lipinski definition) is 2. The van der Waals surface area contributed by atoms with E-state index in [1.54, 1.807) is 0 Å². The number of nitrogens with zero attached hydrogens (tertiary/aromatic N) is 1. The van der Waals surface area contributed by atoms with Crippen molar-refractivity contribution in [1.82, 2.24) is 4.98 Å². The molecule has 2 heteroatoms. The number of hydrogen-bond donors (Lipinski definition) is 0. The van der Waals surface area contributed by atoms with Gasteiger partial charge < -0.3 is 0 Å². The van der Waals surface area contributed by atoms with Gasteiger partial charge in [-0.2, -0.15) is 0 Å². The first kappa shape index (κ1) is 9.38. The van der Waals surface area contributed by atoms with Crippen molar-refractivity contribution in [2.24, 2.45) is 5.92 Å². The molecule has 1 aromatic rings. The van der Waals surface area contributed by atoms with Gasteiger partial charge in [-0.15, -0.1) is 0 Å². The molecule has 0 radical (unpaired) electrons. The second-order valence-corrected chi connectivity index (χ2v) is 4.07. The van der Waals surface area contributed by atoms with Gasteiger partial charge in [-0.1, -0.05) is 18.9 Å². The quantitative estimate of drug-likeness (QED) is 0.682. The molecule has 1 aliphatic carbocycles. The van der Waals surface area contributed by atoms with E-state index in [1.807, 2.05) is 25.1 Å². The summed E-state index contributed by atoms with van der Waals surface area (Å²) in [4.78, 5) is 15.9. The van der Waals surface area contributed by atoms with Crippen molar-refractivity contribution in [1.29, 1.82) is 0 Å². The first-order valence-electron chi connectivity index (χ1n) is 5.22. The predicted octanol–water partition coefficient (Wildman–Crippen LogP) is 2.76. The number of aryl methyl sites for hydroxylation is 1. The van der Waals surface area contributed by atoms with Gasteiger partial charge in [-0.05, 0) is 31.4 Å². The van der Waals surface area contributed by atoms with Crippen LogP contribution in [0, 0.1) is 12.8 Å². The Balaban J connectivity index is 1.95. The lowest BCUT2D eigenvalue weighted by atomic mass is 10.1. The third-order valence-electron chi connectivity index (χ3n) is 2.65. The number of carbonyl (C=O) groups excluding carboxylic acids is 1. The van der Waals surface area contributed by atoms with Crippen LogP contribution in [0.25, 0.3) is 0 Å². The second kappa shape index (κ2) is 3.91. The van der Waals surface area contributed by atoms with Crippen molar-refractivity contribution in [3.63, 3.8) is 0 Å². The van der Waals surface area contributed by atoms with E-state index in [4.69, 9.17) is 0 Å². The molecular formula is C12H15NO. The molecule has 74 valence electrons. The maximum Gasteiger partial charge on any atom is 0.181 e. The van der Waals surface area contributed by atoms with Crippen LogP contribution in [-0.2, 0) is 0 Å². The standard InChI is InChI=1S/C12H15NO/c1-9-3-2-4-11(13-9)12(14)8-7-10-5-6-10/h2-4,10H,5-8H2,1H3. The third-order valence-corrected chi connectivity index (χ3v) is 2.65. The Morgan fingerprint density at radius 2 is 2.29 bits per heavy atom. The zero-order valence-corrected chi connectivity index (χ0v) is 8.49. The molecule has 1 heterocycles. The fraction of sp³-hybridized carbons (Fsp3) is 0.500. The summed E-state index contributed by atoms with van der Waals surface area (Å²) in [5, 5.41) is 0. The lowest BCUT2D eigenvalue weighted by molar-refractivity contribution is 0.0973. The average Bonchev–Trinajstić information content (AvgIpc) is 2.97. The smallest absolute Gasteiger partial charge is 0.181 e. The van der Waals surface area contributed by atoms with Crippen LogP contribution >= 0.6 is 0 Å². The SMILES string of the molecule is Cc1cccc(C(=O)CCC2CC2)n1. The average molecular weight is 189 g/mol. The molecule has 0 bridgehead atoms. The van der Waals surface area contributed by atoms with E-state index < -0.39 is 0 Å². The summed E-state index contributed by atoms with van der Waals surface area (Å²) in [6.45, 7) is 1.91. The largest absolute Gasteiger partial charge is 0.292 e. The van der Waals surface area contributed by atoms with Crippen LogP contribution in [0.15, 0.2) is 18.2 Å². The first-order valence-corrected chi connectivity index (χ1v) is 5.22. The molecule has 0 amide bonds. The summed E-state index contributed by atoms with van der Waals surface area (Å²) in [6, 6.07) is 5.62. The van der Waals surface area contributed by atoms with Crippen molar-refractivity contribution in [3.8, 4) is 0 Å².